The molecule has 0 unspecified atom stereocenters. The third-order valence-corrected chi connectivity index (χ3v) is 3.50. The molecule has 0 spiro atoms. The minimum absolute atomic E-state index is 0.0802. The first-order chi connectivity index (χ1) is 10.9. The summed E-state index contributed by atoms with van der Waals surface area (Å²) in [4.78, 5) is 10.7. The zero-order chi connectivity index (χ0) is 16.6. The van der Waals surface area contributed by atoms with Crippen LogP contribution in [0.1, 0.15) is 21.5 Å². The number of halogens is 4. The lowest BCUT2D eigenvalue weighted by molar-refractivity contribution is -0.138. The van der Waals surface area contributed by atoms with Crippen molar-refractivity contribution >= 4 is 17.2 Å². The van der Waals surface area contributed by atoms with Crippen LogP contribution in [0.15, 0.2) is 42.6 Å². The molecule has 0 saturated heterocycles. The molecule has 3 nitrogen and oxygen atoms in total. The molecule has 0 saturated carbocycles. The number of aldehydes is 1. The van der Waals surface area contributed by atoms with E-state index in [2.05, 4.69) is 5.10 Å². The van der Waals surface area contributed by atoms with Gasteiger partial charge in [-0.15, -0.1) is 0 Å². The van der Waals surface area contributed by atoms with E-state index in [-0.39, 0.29) is 12.1 Å². The number of benzene rings is 2. The van der Waals surface area contributed by atoms with Crippen LogP contribution in [-0.4, -0.2) is 16.1 Å². The van der Waals surface area contributed by atoms with Gasteiger partial charge < -0.3 is 0 Å². The van der Waals surface area contributed by atoms with Crippen LogP contribution < -0.4 is 0 Å². The minimum Gasteiger partial charge on any atom is -0.298 e. The van der Waals surface area contributed by atoms with E-state index in [1.807, 2.05) is 0 Å². The second kappa shape index (κ2) is 5.49. The monoisotopic (exact) mass is 322 g/mol. The lowest BCUT2D eigenvalue weighted by Gasteiger charge is -2.13. The molecule has 3 aromatic rings. The molecule has 0 N–H and O–H groups in total. The van der Waals surface area contributed by atoms with Crippen LogP contribution >= 0.6 is 0 Å². The number of nitrogens with zero attached hydrogens (tertiary/aromatic N) is 2. The van der Waals surface area contributed by atoms with Crippen LogP contribution in [-0.2, 0) is 12.7 Å². The van der Waals surface area contributed by atoms with E-state index in [0.717, 1.165) is 12.1 Å². The van der Waals surface area contributed by atoms with Crippen LogP contribution in [0, 0.1) is 5.82 Å². The Morgan fingerprint density at radius 3 is 2.61 bits per heavy atom. The zero-order valence-corrected chi connectivity index (χ0v) is 11.6. The Bertz CT molecular complexity index is 883. The summed E-state index contributed by atoms with van der Waals surface area (Å²) >= 11 is 0. The lowest BCUT2D eigenvalue weighted by atomic mass is 10.1. The van der Waals surface area contributed by atoms with Crippen molar-refractivity contribution in [2.75, 3.05) is 0 Å². The van der Waals surface area contributed by atoms with Crippen LogP contribution in [0.25, 0.3) is 10.9 Å². The predicted molar refractivity (Wildman–Crippen MR) is 75.6 cm³/mol. The summed E-state index contributed by atoms with van der Waals surface area (Å²) in [5.41, 5.74) is -0.0584. The third kappa shape index (κ3) is 2.94. The first kappa shape index (κ1) is 15.2. The largest absolute Gasteiger partial charge is 0.416 e. The summed E-state index contributed by atoms with van der Waals surface area (Å²) in [6.07, 6.45) is -2.50. The zero-order valence-electron chi connectivity index (χ0n) is 11.6. The Morgan fingerprint density at radius 1 is 1.13 bits per heavy atom. The van der Waals surface area contributed by atoms with Gasteiger partial charge in [0.25, 0.3) is 0 Å². The Balaban J connectivity index is 2.04. The molecule has 0 atom stereocenters. The smallest absolute Gasteiger partial charge is 0.298 e. The molecule has 0 aliphatic heterocycles. The summed E-state index contributed by atoms with van der Waals surface area (Å²) in [6.45, 7) is -0.154. The summed E-state index contributed by atoms with van der Waals surface area (Å²) in [6, 6.07) is 7.34. The molecule has 1 heterocycles. The molecule has 0 aliphatic rings. The van der Waals surface area contributed by atoms with E-state index in [1.54, 1.807) is 18.2 Å². The van der Waals surface area contributed by atoms with Gasteiger partial charge in [0.05, 0.1) is 23.8 Å². The summed E-state index contributed by atoms with van der Waals surface area (Å²) in [5.74, 6) is -0.943. The number of hydrogen-bond acceptors (Lipinski definition) is 2. The number of carbonyl (C=O) groups excluding carboxylic acids is 1. The molecular weight excluding hydrogens is 312 g/mol. The molecular formula is C16H10F4N2O. The highest BCUT2D eigenvalue weighted by atomic mass is 19.4. The van der Waals surface area contributed by atoms with E-state index in [1.165, 1.54) is 10.9 Å². The quantitative estimate of drug-likeness (QED) is 0.538. The standard InChI is InChI=1S/C16H10F4N2O/c17-13-3-2-11(14(6-13)16(18,19)20)8-22-15-4-1-10(9-23)5-12(15)7-21-22/h1-7,9H,8H2. The van der Waals surface area contributed by atoms with Crippen molar-refractivity contribution in [2.24, 2.45) is 0 Å². The van der Waals surface area contributed by atoms with E-state index in [9.17, 15) is 22.4 Å². The van der Waals surface area contributed by atoms with Gasteiger partial charge in [0, 0.05) is 10.9 Å². The molecule has 1 aromatic heterocycles. The minimum atomic E-state index is -4.65. The molecule has 23 heavy (non-hydrogen) atoms. The fraction of sp³-hybridized carbons (Fsp3) is 0.125. The van der Waals surface area contributed by atoms with Crippen molar-refractivity contribution in [3.8, 4) is 0 Å². The van der Waals surface area contributed by atoms with Gasteiger partial charge in [0.1, 0.15) is 12.1 Å². The van der Waals surface area contributed by atoms with Gasteiger partial charge in [0.15, 0.2) is 0 Å². The Kier molecular flexibility index (Phi) is 3.63. The SMILES string of the molecule is O=Cc1ccc2c(cnn2Cc2ccc(F)cc2C(F)(F)F)c1. The van der Waals surface area contributed by atoms with Crippen molar-refractivity contribution in [1.29, 1.82) is 0 Å². The highest BCUT2D eigenvalue weighted by molar-refractivity contribution is 5.86. The maximum absolute atomic E-state index is 13.1. The Labute approximate surface area is 128 Å². The lowest BCUT2D eigenvalue weighted by Crippen LogP contribution is -2.13. The second-order valence-corrected chi connectivity index (χ2v) is 5.04. The highest BCUT2D eigenvalue weighted by Crippen LogP contribution is 2.33. The van der Waals surface area contributed by atoms with Gasteiger partial charge in [0.2, 0.25) is 0 Å². The number of rotatable bonds is 3. The van der Waals surface area contributed by atoms with Crippen LogP contribution in [0.5, 0.6) is 0 Å². The van der Waals surface area contributed by atoms with Gasteiger partial charge in [-0.1, -0.05) is 6.07 Å². The van der Waals surface area contributed by atoms with E-state index in [4.69, 9.17) is 0 Å². The summed E-state index contributed by atoms with van der Waals surface area (Å²) < 4.78 is 53.6. The van der Waals surface area contributed by atoms with Crippen molar-refractivity contribution in [3.05, 3.63) is 65.1 Å². The van der Waals surface area contributed by atoms with Gasteiger partial charge in [-0.3, -0.25) is 9.48 Å². The molecule has 2 aromatic carbocycles. The predicted octanol–water partition coefficient (Wildman–Crippen LogP) is 4.06. The molecule has 0 bridgehead atoms. The van der Waals surface area contributed by atoms with Crippen LogP contribution in [0.3, 0.4) is 0 Å². The number of fused-ring (bicyclic) bond motifs is 1. The maximum atomic E-state index is 13.1. The number of hydrogen-bond donors (Lipinski definition) is 0. The second-order valence-electron chi connectivity index (χ2n) is 5.04. The normalized spacial score (nSPS) is 11.8. The van der Waals surface area contributed by atoms with Crippen molar-refractivity contribution in [1.82, 2.24) is 9.78 Å². The number of aromatic nitrogens is 2. The summed E-state index contributed by atoms with van der Waals surface area (Å²) in [5, 5.41) is 4.70. The molecule has 118 valence electrons. The third-order valence-electron chi connectivity index (χ3n) is 3.50. The maximum Gasteiger partial charge on any atom is 0.416 e. The molecule has 0 amide bonds. The fourth-order valence-corrected chi connectivity index (χ4v) is 2.42. The first-order valence-electron chi connectivity index (χ1n) is 6.65. The Morgan fingerprint density at radius 2 is 1.91 bits per heavy atom. The van der Waals surface area contributed by atoms with Crippen molar-refractivity contribution in [2.45, 2.75) is 12.7 Å². The van der Waals surface area contributed by atoms with Gasteiger partial charge >= 0.3 is 6.18 Å². The molecule has 7 heteroatoms. The van der Waals surface area contributed by atoms with Crippen molar-refractivity contribution < 1.29 is 22.4 Å². The average molecular weight is 322 g/mol. The molecule has 0 aliphatic carbocycles. The van der Waals surface area contributed by atoms with E-state index >= 15 is 0 Å². The highest BCUT2D eigenvalue weighted by Gasteiger charge is 2.33. The topological polar surface area (TPSA) is 34.9 Å². The summed E-state index contributed by atoms with van der Waals surface area (Å²) in [7, 11) is 0. The molecule has 3 rings (SSSR count). The van der Waals surface area contributed by atoms with Crippen LogP contribution in [0.2, 0.25) is 0 Å². The van der Waals surface area contributed by atoms with Crippen LogP contribution in [0.4, 0.5) is 17.6 Å². The van der Waals surface area contributed by atoms with E-state index in [0.29, 0.717) is 28.8 Å². The van der Waals surface area contributed by atoms with Gasteiger partial charge in [-0.2, -0.15) is 18.3 Å². The van der Waals surface area contributed by atoms with Gasteiger partial charge in [-0.25, -0.2) is 4.39 Å². The first-order valence-corrected chi connectivity index (χ1v) is 6.65. The average Bonchev–Trinajstić information content (AvgIpc) is 2.90. The van der Waals surface area contributed by atoms with Gasteiger partial charge in [-0.05, 0) is 35.9 Å². The van der Waals surface area contributed by atoms with Crippen molar-refractivity contribution in [3.63, 3.8) is 0 Å². The molecule has 0 fully saturated rings. The van der Waals surface area contributed by atoms with E-state index < -0.39 is 17.6 Å². The number of alkyl halides is 3. The molecule has 0 radical (unpaired) electrons. The Hall–Kier alpha value is -2.70. The fourth-order valence-electron chi connectivity index (χ4n) is 2.42. The number of carbonyl (C=O) groups is 1.